The van der Waals surface area contributed by atoms with Crippen LogP contribution in [0.2, 0.25) is 0 Å². The molecule has 1 aromatic heterocycles. The number of hydrogen-bond acceptors (Lipinski definition) is 6. The van der Waals surface area contributed by atoms with Crippen molar-refractivity contribution in [1.82, 2.24) is 9.97 Å². The monoisotopic (exact) mass is 269 g/mol. The maximum atomic E-state index is 9.27. The van der Waals surface area contributed by atoms with Gasteiger partial charge >= 0.3 is 0 Å². The summed E-state index contributed by atoms with van der Waals surface area (Å²) in [7, 11) is 1.61. The SMILES string of the molecule is COc1cc(N2CCCC(CO)C2)nc(SC)n1. The van der Waals surface area contributed by atoms with Gasteiger partial charge in [-0.25, -0.2) is 4.98 Å². The average molecular weight is 269 g/mol. The molecule has 0 radical (unpaired) electrons. The molecule has 2 heterocycles. The minimum absolute atomic E-state index is 0.244. The Kier molecular flexibility index (Phi) is 4.66. The van der Waals surface area contributed by atoms with Crippen LogP contribution in [0.25, 0.3) is 0 Å². The van der Waals surface area contributed by atoms with E-state index in [1.165, 1.54) is 11.8 Å². The Hall–Kier alpha value is -1.01. The molecule has 0 amide bonds. The first-order valence-corrected chi connectivity index (χ1v) is 7.32. The van der Waals surface area contributed by atoms with Gasteiger partial charge in [-0.3, -0.25) is 0 Å². The third kappa shape index (κ3) is 3.05. The number of thioether (sulfide) groups is 1. The molecule has 0 saturated carbocycles. The van der Waals surface area contributed by atoms with Crippen LogP contribution in [0.5, 0.6) is 5.88 Å². The van der Waals surface area contributed by atoms with Gasteiger partial charge in [-0.15, -0.1) is 0 Å². The van der Waals surface area contributed by atoms with E-state index < -0.39 is 0 Å². The largest absolute Gasteiger partial charge is 0.481 e. The molecule has 5 nitrogen and oxygen atoms in total. The van der Waals surface area contributed by atoms with Gasteiger partial charge < -0.3 is 14.7 Å². The highest BCUT2D eigenvalue weighted by molar-refractivity contribution is 7.98. The molecule has 0 spiro atoms. The van der Waals surface area contributed by atoms with Gasteiger partial charge in [0.1, 0.15) is 5.82 Å². The fraction of sp³-hybridized carbons (Fsp3) is 0.667. The molecular formula is C12H19N3O2S. The number of hydrogen-bond donors (Lipinski definition) is 1. The van der Waals surface area contributed by atoms with Crippen LogP contribution in [0.4, 0.5) is 5.82 Å². The van der Waals surface area contributed by atoms with Crippen LogP contribution < -0.4 is 9.64 Å². The summed E-state index contributed by atoms with van der Waals surface area (Å²) < 4.78 is 5.20. The van der Waals surface area contributed by atoms with Crippen molar-refractivity contribution in [3.8, 4) is 5.88 Å². The summed E-state index contributed by atoms with van der Waals surface area (Å²) in [5, 5.41) is 9.99. The van der Waals surface area contributed by atoms with Crippen molar-refractivity contribution in [1.29, 1.82) is 0 Å². The van der Waals surface area contributed by atoms with Gasteiger partial charge in [-0.05, 0) is 25.0 Å². The van der Waals surface area contributed by atoms with Crippen molar-refractivity contribution in [2.45, 2.75) is 18.0 Å². The number of anilines is 1. The molecule has 0 aliphatic carbocycles. The maximum Gasteiger partial charge on any atom is 0.219 e. The van der Waals surface area contributed by atoms with E-state index in [9.17, 15) is 5.11 Å². The third-order valence-corrected chi connectivity index (χ3v) is 3.71. The van der Waals surface area contributed by atoms with E-state index >= 15 is 0 Å². The number of rotatable bonds is 4. The third-order valence-electron chi connectivity index (χ3n) is 3.16. The summed E-state index contributed by atoms with van der Waals surface area (Å²) in [4.78, 5) is 11.0. The molecule has 1 aliphatic rings. The Morgan fingerprint density at radius 3 is 3.06 bits per heavy atom. The molecule has 0 aromatic carbocycles. The van der Waals surface area contributed by atoms with Gasteiger partial charge in [0.25, 0.3) is 0 Å². The number of methoxy groups -OCH3 is 1. The van der Waals surface area contributed by atoms with Crippen LogP contribution >= 0.6 is 11.8 Å². The minimum Gasteiger partial charge on any atom is -0.481 e. The molecule has 1 atom stereocenters. The zero-order valence-corrected chi connectivity index (χ0v) is 11.6. The number of nitrogens with zero attached hydrogens (tertiary/aromatic N) is 3. The highest BCUT2D eigenvalue weighted by atomic mass is 32.2. The second-order valence-electron chi connectivity index (χ2n) is 4.39. The van der Waals surface area contributed by atoms with E-state index in [0.29, 0.717) is 11.8 Å². The lowest BCUT2D eigenvalue weighted by Crippen LogP contribution is -2.37. The van der Waals surface area contributed by atoms with Gasteiger partial charge in [-0.1, -0.05) is 11.8 Å². The fourth-order valence-corrected chi connectivity index (χ4v) is 2.54. The molecule has 18 heavy (non-hydrogen) atoms. The van der Waals surface area contributed by atoms with Crippen LogP contribution in [0.1, 0.15) is 12.8 Å². The minimum atomic E-state index is 0.244. The number of aliphatic hydroxyl groups is 1. The van der Waals surface area contributed by atoms with Crippen molar-refractivity contribution < 1.29 is 9.84 Å². The zero-order valence-electron chi connectivity index (χ0n) is 10.8. The number of piperidine rings is 1. The lowest BCUT2D eigenvalue weighted by Gasteiger charge is -2.32. The normalized spacial score (nSPS) is 19.9. The standard InChI is InChI=1S/C12H19N3O2S/c1-17-11-6-10(13-12(14-11)18-2)15-5-3-4-9(7-15)8-16/h6,9,16H,3-5,7-8H2,1-2H3. The van der Waals surface area contributed by atoms with E-state index in [2.05, 4.69) is 14.9 Å². The smallest absolute Gasteiger partial charge is 0.219 e. The molecule has 1 fully saturated rings. The first-order valence-electron chi connectivity index (χ1n) is 6.09. The van der Waals surface area contributed by atoms with Crippen LogP contribution in [0.3, 0.4) is 0 Å². The second kappa shape index (κ2) is 6.24. The highest BCUT2D eigenvalue weighted by Gasteiger charge is 2.21. The first kappa shape index (κ1) is 13.4. The first-order chi connectivity index (χ1) is 8.76. The van der Waals surface area contributed by atoms with Crippen LogP contribution in [0, 0.1) is 5.92 Å². The number of aromatic nitrogens is 2. The summed E-state index contributed by atoms with van der Waals surface area (Å²) in [6, 6.07) is 1.86. The van der Waals surface area contributed by atoms with Gasteiger partial charge in [0.15, 0.2) is 5.16 Å². The maximum absolute atomic E-state index is 9.27. The van der Waals surface area contributed by atoms with Gasteiger partial charge in [0.05, 0.1) is 7.11 Å². The average Bonchev–Trinajstić information content (AvgIpc) is 2.46. The molecular weight excluding hydrogens is 250 g/mol. The highest BCUT2D eigenvalue weighted by Crippen LogP contribution is 2.25. The van der Waals surface area contributed by atoms with Gasteiger partial charge in [-0.2, -0.15) is 4.98 Å². The topological polar surface area (TPSA) is 58.5 Å². The van der Waals surface area contributed by atoms with E-state index in [0.717, 1.165) is 36.9 Å². The van der Waals surface area contributed by atoms with Crippen LogP contribution in [-0.2, 0) is 0 Å². The van der Waals surface area contributed by atoms with Gasteiger partial charge in [0.2, 0.25) is 5.88 Å². The summed E-state index contributed by atoms with van der Waals surface area (Å²) in [6.45, 7) is 2.07. The molecule has 1 saturated heterocycles. The molecule has 1 aliphatic heterocycles. The van der Waals surface area contributed by atoms with E-state index in [4.69, 9.17) is 4.74 Å². The number of ether oxygens (including phenoxy) is 1. The Labute approximate surface area is 112 Å². The molecule has 2 rings (SSSR count). The van der Waals surface area contributed by atoms with Crippen molar-refractivity contribution in [2.24, 2.45) is 5.92 Å². The molecule has 100 valence electrons. The molecule has 0 bridgehead atoms. The van der Waals surface area contributed by atoms with E-state index in [-0.39, 0.29) is 6.61 Å². The van der Waals surface area contributed by atoms with Crippen molar-refractivity contribution >= 4 is 17.6 Å². The number of aliphatic hydroxyl groups excluding tert-OH is 1. The Morgan fingerprint density at radius 2 is 2.39 bits per heavy atom. The van der Waals surface area contributed by atoms with Gasteiger partial charge in [0, 0.05) is 25.8 Å². The zero-order chi connectivity index (χ0) is 13.0. The molecule has 6 heteroatoms. The Bertz CT molecular complexity index is 381. The van der Waals surface area contributed by atoms with Crippen LogP contribution in [-0.4, -0.2) is 48.1 Å². The van der Waals surface area contributed by atoms with E-state index in [1.807, 2.05) is 12.3 Å². The van der Waals surface area contributed by atoms with Crippen molar-refractivity contribution in [3.63, 3.8) is 0 Å². The van der Waals surface area contributed by atoms with Crippen molar-refractivity contribution in [2.75, 3.05) is 38.0 Å². The molecule has 1 unspecified atom stereocenters. The van der Waals surface area contributed by atoms with Crippen LogP contribution in [0.15, 0.2) is 11.2 Å². The Morgan fingerprint density at radius 1 is 1.56 bits per heavy atom. The second-order valence-corrected chi connectivity index (χ2v) is 5.17. The lowest BCUT2D eigenvalue weighted by molar-refractivity contribution is 0.208. The quantitative estimate of drug-likeness (QED) is 0.659. The molecule has 1 aromatic rings. The predicted molar refractivity (Wildman–Crippen MR) is 72.4 cm³/mol. The summed E-state index contributed by atoms with van der Waals surface area (Å²) in [6.07, 6.45) is 4.13. The molecule has 1 N–H and O–H groups in total. The summed E-state index contributed by atoms with van der Waals surface area (Å²) >= 11 is 1.50. The summed E-state index contributed by atoms with van der Waals surface area (Å²) in [5.41, 5.74) is 0. The Balaban J connectivity index is 2.20. The predicted octanol–water partition coefficient (Wildman–Crippen LogP) is 1.42. The fourth-order valence-electron chi connectivity index (χ4n) is 2.17. The summed E-state index contributed by atoms with van der Waals surface area (Å²) in [5.74, 6) is 1.83. The van der Waals surface area contributed by atoms with Crippen molar-refractivity contribution in [3.05, 3.63) is 6.07 Å². The lowest BCUT2D eigenvalue weighted by atomic mass is 9.99. The van der Waals surface area contributed by atoms with E-state index in [1.54, 1.807) is 7.11 Å².